The van der Waals surface area contributed by atoms with E-state index in [1.54, 1.807) is 6.07 Å². The Balaban J connectivity index is 2.63. The van der Waals surface area contributed by atoms with E-state index in [1.807, 2.05) is 23.9 Å². The van der Waals surface area contributed by atoms with Crippen molar-refractivity contribution in [2.45, 2.75) is 24.9 Å². The number of phenols is 1. The monoisotopic (exact) mass is 197 g/mol. The van der Waals surface area contributed by atoms with Crippen LogP contribution in [0.3, 0.4) is 0 Å². The van der Waals surface area contributed by atoms with Gasteiger partial charge in [0.2, 0.25) is 0 Å². The Morgan fingerprint density at radius 1 is 1.46 bits per heavy atom. The molecule has 0 saturated heterocycles. The zero-order valence-electron chi connectivity index (χ0n) is 7.95. The van der Waals surface area contributed by atoms with E-state index in [9.17, 15) is 5.11 Å². The number of hydrogen-bond acceptors (Lipinski definition) is 3. The van der Waals surface area contributed by atoms with Gasteiger partial charge in [-0.25, -0.2) is 0 Å². The third-order valence-corrected chi connectivity index (χ3v) is 2.84. The number of nitrogens with two attached hydrogens (primary N) is 1. The van der Waals surface area contributed by atoms with E-state index in [1.165, 1.54) is 0 Å². The molecule has 0 spiro atoms. The van der Waals surface area contributed by atoms with Gasteiger partial charge in [0.1, 0.15) is 5.75 Å². The highest BCUT2D eigenvalue weighted by Crippen LogP contribution is 2.24. The van der Waals surface area contributed by atoms with Crippen LogP contribution in [0.5, 0.6) is 5.75 Å². The van der Waals surface area contributed by atoms with Gasteiger partial charge in [-0.2, -0.15) is 11.8 Å². The molecule has 0 aliphatic rings. The maximum absolute atomic E-state index is 9.19. The average molecular weight is 197 g/mol. The summed E-state index contributed by atoms with van der Waals surface area (Å²) in [5.74, 6) is 1.11. The van der Waals surface area contributed by atoms with Crippen molar-refractivity contribution in [1.29, 1.82) is 0 Å². The maximum Gasteiger partial charge on any atom is 0.138 e. The van der Waals surface area contributed by atoms with Gasteiger partial charge in [0.05, 0.1) is 5.69 Å². The minimum Gasteiger partial charge on any atom is -0.506 e. The third kappa shape index (κ3) is 3.19. The molecule has 0 unspecified atom stereocenters. The van der Waals surface area contributed by atoms with E-state index >= 15 is 0 Å². The second-order valence-corrected chi connectivity index (χ2v) is 4.82. The molecule has 0 radical (unpaired) electrons. The molecule has 1 rings (SSSR count). The molecule has 0 fully saturated rings. The maximum atomic E-state index is 9.19. The fraction of sp³-hybridized carbons (Fsp3) is 0.400. The van der Waals surface area contributed by atoms with Gasteiger partial charge >= 0.3 is 0 Å². The average Bonchev–Trinajstić information content (AvgIpc) is 2.07. The highest BCUT2D eigenvalue weighted by atomic mass is 32.2. The van der Waals surface area contributed by atoms with Crippen molar-refractivity contribution in [2.24, 2.45) is 0 Å². The van der Waals surface area contributed by atoms with Crippen LogP contribution in [0.15, 0.2) is 18.2 Å². The summed E-state index contributed by atoms with van der Waals surface area (Å²) >= 11 is 1.86. The first-order chi connectivity index (χ1) is 6.09. The van der Waals surface area contributed by atoms with E-state index in [-0.39, 0.29) is 5.75 Å². The number of anilines is 1. The number of rotatable bonds is 3. The van der Waals surface area contributed by atoms with Gasteiger partial charge in [-0.05, 0) is 22.9 Å². The van der Waals surface area contributed by atoms with Crippen molar-refractivity contribution >= 4 is 17.4 Å². The minimum absolute atomic E-state index is 0.165. The SMILES string of the molecule is CC(C)SCc1ccc(O)c(N)c1. The van der Waals surface area contributed by atoms with Crippen LogP contribution in [-0.4, -0.2) is 10.4 Å². The number of aromatic hydroxyl groups is 1. The molecule has 0 saturated carbocycles. The number of nitrogen functional groups attached to an aromatic ring is 1. The first kappa shape index (κ1) is 10.3. The first-order valence-corrected chi connectivity index (χ1v) is 5.33. The van der Waals surface area contributed by atoms with Crippen LogP contribution >= 0.6 is 11.8 Å². The van der Waals surface area contributed by atoms with Crippen LogP contribution in [-0.2, 0) is 5.75 Å². The predicted molar refractivity (Wildman–Crippen MR) is 59.0 cm³/mol. The lowest BCUT2D eigenvalue weighted by Crippen LogP contribution is -1.91. The number of thioether (sulfide) groups is 1. The summed E-state index contributed by atoms with van der Waals surface area (Å²) < 4.78 is 0. The van der Waals surface area contributed by atoms with Crippen LogP contribution in [0.4, 0.5) is 5.69 Å². The lowest BCUT2D eigenvalue weighted by molar-refractivity contribution is 0.478. The second kappa shape index (κ2) is 4.42. The highest BCUT2D eigenvalue weighted by molar-refractivity contribution is 7.99. The van der Waals surface area contributed by atoms with Crippen LogP contribution < -0.4 is 5.73 Å². The summed E-state index contributed by atoms with van der Waals surface area (Å²) in [5.41, 5.74) is 7.19. The quantitative estimate of drug-likeness (QED) is 0.578. The number of phenolic OH excluding ortho intramolecular Hbond substituents is 1. The normalized spacial score (nSPS) is 10.7. The van der Waals surface area contributed by atoms with Gasteiger partial charge in [0.25, 0.3) is 0 Å². The standard InChI is InChI=1S/C10H15NOS/c1-7(2)13-6-8-3-4-10(12)9(11)5-8/h3-5,7,12H,6,11H2,1-2H3. The molecule has 0 atom stereocenters. The van der Waals surface area contributed by atoms with Crippen LogP contribution in [0.25, 0.3) is 0 Å². The number of hydrogen-bond donors (Lipinski definition) is 2. The summed E-state index contributed by atoms with van der Waals surface area (Å²) in [7, 11) is 0. The minimum atomic E-state index is 0.165. The van der Waals surface area contributed by atoms with E-state index in [0.29, 0.717) is 10.9 Å². The summed E-state index contributed by atoms with van der Waals surface area (Å²) in [6.07, 6.45) is 0. The van der Waals surface area contributed by atoms with Crippen molar-refractivity contribution in [1.82, 2.24) is 0 Å². The second-order valence-electron chi connectivity index (χ2n) is 3.25. The van der Waals surface area contributed by atoms with E-state index < -0.39 is 0 Å². The largest absolute Gasteiger partial charge is 0.506 e. The van der Waals surface area contributed by atoms with Crippen LogP contribution in [0.1, 0.15) is 19.4 Å². The lowest BCUT2D eigenvalue weighted by Gasteiger charge is -2.06. The van der Waals surface area contributed by atoms with Crippen molar-refractivity contribution in [3.8, 4) is 5.75 Å². The molecule has 1 aromatic carbocycles. The van der Waals surface area contributed by atoms with Gasteiger partial charge in [0.15, 0.2) is 0 Å². The highest BCUT2D eigenvalue weighted by Gasteiger charge is 2.00. The molecular weight excluding hydrogens is 182 g/mol. The molecule has 3 N–H and O–H groups in total. The third-order valence-electron chi connectivity index (χ3n) is 1.68. The van der Waals surface area contributed by atoms with Gasteiger partial charge in [-0.15, -0.1) is 0 Å². The van der Waals surface area contributed by atoms with Gasteiger partial charge in [-0.1, -0.05) is 19.9 Å². The summed E-state index contributed by atoms with van der Waals surface area (Å²) in [4.78, 5) is 0. The first-order valence-electron chi connectivity index (χ1n) is 4.28. The molecule has 0 heterocycles. The summed E-state index contributed by atoms with van der Waals surface area (Å²) in [5, 5.41) is 9.81. The van der Waals surface area contributed by atoms with Crippen molar-refractivity contribution in [3.63, 3.8) is 0 Å². The van der Waals surface area contributed by atoms with E-state index in [0.717, 1.165) is 11.3 Å². The van der Waals surface area contributed by atoms with Crippen molar-refractivity contribution in [3.05, 3.63) is 23.8 Å². The van der Waals surface area contributed by atoms with E-state index in [2.05, 4.69) is 13.8 Å². The van der Waals surface area contributed by atoms with Gasteiger partial charge < -0.3 is 10.8 Å². The van der Waals surface area contributed by atoms with Crippen LogP contribution in [0, 0.1) is 0 Å². The zero-order chi connectivity index (χ0) is 9.84. The fourth-order valence-electron chi connectivity index (χ4n) is 0.957. The Hall–Kier alpha value is -0.830. The molecule has 1 aromatic rings. The molecule has 72 valence electrons. The lowest BCUT2D eigenvalue weighted by atomic mass is 10.2. The molecule has 13 heavy (non-hydrogen) atoms. The topological polar surface area (TPSA) is 46.2 Å². The molecule has 0 amide bonds. The van der Waals surface area contributed by atoms with Gasteiger partial charge in [-0.3, -0.25) is 0 Å². The molecule has 0 bridgehead atoms. The Bertz CT molecular complexity index is 286. The smallest absolute Gasteiger partial charge is 0.138 e. The zero-order valence-corrected chi connectivity index (χ0v) is 8.77. The number of benzene rings is 1. The van der Waals surface area contributed by atoms with Crippen LogP contribution in [0.2, 0.25) is 0 Å². The molecule has 0 aliphatic carbocycles. The Kier molecular flexibility index (Phi) is 3.48. The summed E-state index contributed by atoms with van der Waals surface area (Å²) in [6.45, 7) is 4.32. The molecular formula is C10H15NOS. The molecule has 0 aromatic heterocycles. The Morgan fingerprint density at radius 2 is 2.15 bits per heavy atom. The Morgan fingerprint density at radius 3 is 2.69 bits per heavy atom. The molecule has 0 aliphatic heterocycles. The molecule has 2 nitrogen and oxygen atoms in total. The van der Waals surface area contributed by atoms with Gasteiger partial charge in [0, 0.05) is 5.75 Å². The predicted octanol–water partition coefficient (Wildman–Crippen LogP) is 2.62. The molecule has 3 heteroatoms. The van der Waals surface area contributed by atoms with Crippen molar-refractivity contribution < 1.29 is 5.11 Å². The summed E-state index contributed by atoms with van der Waals surface area (Å²) in [6, 6.07) is 5.37. The fourth-order valence-corrected chi connectivity index (χ4v) is 1.66. The van der Waals surface area contributed by atoms with E-state index in [4.69, 9.17) is 5.73 Å². The van der Waals surface area contributed by atoms with Crippen molar-refractivity contribution in [2.75, 3.05) is 5.73 Å². The Labute approximate surface area is 83.1 Å².